The highest BCUT2D eigenvalue weighted by molar-refractivity contribution is 5.88. The molecular weight excluding hydrogens is 266 g/mol. The Labute approximate surface area is 120 Å². The zero-order valence-electron chi connectivity index (χ0n) is 11.2. The first-order valence-electron chi connectivity index (χ1n) is 6.57. The number of carbonyl (C=O) groups is 1. The van der Waals surface area contributed by atoms with E-state index in [0.717, 1.165) is 16.6 Å². The molecule has 2 heterocycles. The van der Waals surface area contributed by atoms with Gasteiger partial charge in [0.15, 0.2) is 0 Å². The number of carboxylic acid groups (broad SMARTS) is 1. The molecule has 0 atom stereocenters. The van der Waals surface area contributed by atoms with Gasteiger partial charge in [0, 0.05) is 6.20 Å². The third-order valence-corrected chi connectivity index (χ3v) is 3.42. The molecule has 2 aromatic heterocycles. The van der Waals surface area contributed by atoms with Crippen LogP contribution in [0.4, 0.5) is 0 Å². The summed E-state index contributed by atoms with van der Waals surface area (Å²) in [6, 6.07) is 16.6. The fourth-order valence-electron chi connectivity index (χ4n) is 2.43. The number of pyridine rings is 2. The van der Waals surface area contributed by atoms with Crippen molar-refractivity contribution >= 4 is 11.5 Å². The summed E-state index contributed by atoms with van der Waals surface area (Å²) in [4.78, 5) is 23.4. The summed E-state index contributed by atoms with van der Waals surface area (Å²) < 4.78 is 1.39. The minimum Gasteiger partial charge on any atom is -0.477 e. The first-order valence-corrected chi connectivity index (χ1v) is 6.57. The van der Waals surface area contributed by atoms with E-state index in [-0.39, 0.29) is 5.56 Å². The van der Waals surface area contributed by atoms with Crippen LogP contribution in [0.15, 0.2) is 65.6 Å². The van der Waals surface area contributed by atoms with Crippen LogP contribution in [0, 0.1) is 0 Å². The highest BCUT2D eigenvalue weighted by Gasteiger charge is 2.14. The molecule has 0 radical (unpaired) electrons. The maximum Gasteiger partial charge on any atom is 0.341 e. The highest BCUT2D eigenvalue weighted by Crippen LogP contribution is 2.15. The Balaban J connectivity index is 2.24. The standard InChI is InChI=1S/C17H13NO3/c19-16-14(17(20)21)11-13(10-12-6-2-1-3-7-12)15-8-4-5-9-18(15)16/h1-9,11H,10H2,(H,20,21). The normalized spacial score (nSPS) is 10.7. The van der Waals surface area contributed by atoms with Gasteiger partial charge in [0.2, 0.25) is 0 Å². The molecular formula is C17H13NO3. The second-order valence-electron chi connectivity index (χ2n) is 4.81. The third kappa shape index (κ3) is 2.43. The molecule has 4 nitrogen and oxygen atoms in total. The van der Waals surface area contributed by atoms with Crippen LogP contribution in [0.1, 0.15) is 21.5 Å². The van der Waals surface area contributed by atoms with E-state index in [1.54, 1.807) is 12.3 Å². The van der Waals surface area contributed by atoms with Gasteiger partial charge in [0.1, 0.15) is 5.56 Å². The monoisotopic (exact) mass is 279 g/mol. The average Bonchev–Trinajstić information content (AvgIpc) is 2.51. The van der Waals surface area contributed by atoms with E-state index < -0.39 is 11.5 Å². The van der Waals surface area contributed by atoms with Crippen LogP contribution in [0.5, 0.6) is 0 Å². The van der Waals surface area contributed by atoms with Gasteiger partial charge in [-0.3, -0.25) is 9.20 Å². The topological polar surface area (TPSA) is 58.8 Å². The summed E-state index contributed by atoms with van der Waals surface area (Å²) >= 11 is 0. The molecule has 104 valence electrons. The maximum absolute atomic E-state index is 12.2. The molecule has 1 aromatic carbocycles. The summed E-state index contributed by atoms with van der Waals surface area (Å²) in [7, 11) is 0. The van der Waals surface area contributed by atoms with Gasteiger partial charge in [0.25, 0.3) is 5.56 Å². The molecule has 21 heavy (non-hydrogen) atoms. The Bertz CT molecular complexity index is 866. The summed E-state index contributed by atoms with van der Waals surface area (Å²) in [6.45, 7) is 0. The second-order valence-corrected chi connectivity index (χ2v) is 4.81. The number of fused-ring (bicyclic) bond motifs is 1. The molecule has 0 fully saturated rings. The lowest BCUT2D eigenvalue weighted by Crippen LogP contribution is -2.22. The molecule has 0 aliphatic heterocycles. The number of nitrogens with zero attached hydrogens (tertiary/aromatic N) is 1. The van der Waals surface area contributed by atoms with Crippen molar-refractivity contribution < 1.29 is 9.90 Å². The second kappa shape index (κ2) is 5.25. The number of hydrogen-bond acceptors (Lipinski definition) is 2. The van der Waals surface area contributed by atoms with E-state index in [2.05, 4.69) is 0 Å². The van der Waals surface area contributed by atoms with Gasteiger partial charge in [-0.25, -0.2) is 4.79 Å². The molecule has 0 aliphatic carbocycles. The van der Waals surface area contributed by atoms with Crippen LogP contribution in [0.3, 0.4) is 0 Å². The summed E-state index contributed by atoms with van der Waals surface area (Å²) in [6.07, 6.45) is 2.17. The van der Waals surface area contributed by atoms with E-state index in [1.807, 2.05) is 42.5 Å². The molecule has 0 saturated heterocycles. The van der Waals surface area contributed by atoms with Crippen molar-refractivity contribution in [1.29, 1.82) is 0 Å². The lowest BCUT2D eigenvalue weighted by Gasteiger charge is -2.09. The van der Waals surface area contributed by atoms with Crippen LogP contribution >= 0.6 is 0 Å². The van der Waals surface area contributed by atoms with Crippen LogP contribution in [-0.4, -0.2) is 15.5 Å². The molecule has 1 N–H and O–H groups in total. The Hall–Kier alpha value is -2.88. The number of aromatic nitrogens is 1. The van der Waals surface area contributed by atoms with E-state index in [4.69, 9.17) is 0 Å². The van der Waals surface area contributed by atoms with Gasteiger partial charge in [0.05, 0.1) is 5.52 Å². The zero-order chi connectivity index (χ0) is 14.8. The van der Waals surface area contributed by atoms with E-state index in [0.29, 0.717) is 6.42 Å². The Morgan fingerprint density at radius 1 is 1.05 bits per heavy atom. The predicted molar refractivity (Wildman–Crippen MR) is 79.9 cm³/mol. The van der Waals surface area contributed by atoms with Crippen LogP contribution < -0.4 is 5.56 Å². The SMILES string of the molecule is O=C(O)c1cc(Cc2ccccc2)c2ccccn2c1=O. The minimum atomic E-state index is -1.20. The summed E-state index contributed by atoms with van der Waals surface area (Å²) in [5.41, 5.74) is 1.91. The van der Waals surface area contributed by atoms with Crippen molar-refractivity contribution in [1.82, 2.24) is 4.40 Å². The lowest BCUT2D eigenvalue weighted by atomic mass is 10.0. The zero-order valence-corrected chi connectivity index (χ0v) is 11.2. The highest BCUT2D eigenvalue weighted by atomic mass is 16.4. The summed E-state index contributed by atoms with van der Waals surface area (Å²) in [5, 5.41) is 9.20. The van der Waals surface area contributed by atoms with Gasteiger partial charge in [-0.05, 0) is 35.7 Å². The largest absolute Gasteiger partial charge is 0.477 e. The van der Waals surface area contributed by atoms with Gasteiger partial charge in [-0.1, -0.05) is 36.4 Å². The molecule has 0 aliphatic rings. The molecule has 4 heteroatoms. The fraction of sp³-hybridized carbons (Fsp3) is 0.0588. The number of aromatic carboxylic acids is 1. The van der Waals surface area contributed by atoms with Gasteiger partial charge in [-0.2, -0.15) is 0 Å². The first-order chi connectivity index (χ1) is 10.2. The van der Waals surface area contributed by atoms with Gasteiger partial charge >= 0.3 is 5.97 Å². The predicted octanol–water partition coefficient (Wildman–Crippen LogP) is 2.59. The van der Waals surface area contributed by atoms with Crippen molar-refractivity contribution in [2.75, 3.05) is 0 Å². The molecule has 0 spiro atoms. The molecule has 0 amide bonds. The van der Waals surface area contributed by atoms with Crippen LogP contribution in [-0.2, 0) is 6.42 Å². The number of benzene rings is 1. The number of rotatable bonds is 3. The van der Waals surface area contributed by atoms with Crippen LogP contribution in [0.25, 0.3) is 5.52 Å². The Kier molecular flexibility index (Phi) is 3.28. The van der Waals surface area contributed by atoms with Crippen molar-refractivity contribution in [3.63, 3.8) is 0 Å². The molecule has 0 unspecified atom stereocenters. The smallest absolute Gasteiger partial charge is 0.341 e. The van der Waals surface area contributed by atoms with E-state index in [9.17, 15) is 14.7 Å². The van der Waals surface area contributed by atoms with Crippen LogP contribution in [0.2, 0.25) is 0 Å². The first kappa shape index (κ1) is 13.1. The number of hydrogen-bond donors (Lipinski definition) is 1. The Morgan fingerprint density at radius 3 is 2.48 bits per heavy atom. The van der Waals surface area contributed by atoms with Crippen molar-refractivity contribution in [2.24, 2.45) is 0 Å². The number of carboxylic acids is 1. The van der Waals surface area contributed by atoms with Crippen molar-refractivity contribution in [2.45, 2.75) is 6.42 Å². The van der Waals surface area contributed by atoms with E-state index in [1.165, 1.54) is 10.5 Å². The maximum atomic E-state index is 12.2. The lowest BCUT2D eigenvalue weighted by molar-refractivity contribution is 0.0694. The average molecular weight is 279 g/mol. The quantitative estimate of drug-likeness (QED) is 0.801. The van der Waals surface area contributed by atoms with Gasteiger partial charge in [-0.15, -0.1) is 0 Å². The molecule has 3 aromatic rings. The summed E-state index contributed by atoms with van der Waals surface area (Å²) in [5.74, 6) is -1.20. The third-order valence-electron chi connectivity index (χ3n) is 3.42. The Morgan fingerprint density at radius 2 is 1.76 bits per heavy atom. The fourth-order valence-corrected chi connectivity index (χ4v) is 2.43. The minimum absolute atomic E-state index is 0.204. The van der Waals surface area contributed by atoms with Crippen molar-refractivity contribution in [3.8, 4) is 0 Å². The van der Waals surface area contributed by atoms with E-state index >= 15 is 0 Å². The van der Waals surface area contributed by atoms with Gasteiger partial charge < -0.3 is 5.11 Å². The molecule has 0 bridgehead atoms. The molecule has 0 saturated carbocycles. The van der Waals surface area contributed by atoms with Crippen molar-refractivity contribution in [3.05, 3.63) is 87.8 Å². The molecule has 3 rings (SSSR count).